The predicted molar refractivity (Wildman–Crippen MR) is 50.4 cm³/mol. The molecule has 0 aliphatic rings. The third kappa shape index (κ3) is 1.42. The fourth-order valence-corrected chi connectivity index (χ4v) is 1.37. The quantitative estimate of drug-likeness (QED) is 0.757. The minimum atomic E-state index is -0.369. The monoisotopic (exact) mass is 176 g/mol. The van der Waals surface area contributed by atoms with E-state index in [1.807, 2.05) is 35.9 Å². The zero-order valence-electron chi connectivity index (χ0n) is 7.51. The van der Waals surface area contributed by atoms with Gasteiger partial charge in [0.05, 0.1) is 6.10 Å². The van der Waals surface area contributed by atoms with Crippen LogP contribution in [0.2, 0.25) is 0 Å². The van der Waals surface area contributed by atoms with Crippen LogP contribution in [0.25, 0.3) is 5.65 Å². The number of pyridine rings is 1. The van der Waals surface area contributed by atoms with Gasteiger partial charge >= 0.3 is 0 Å². The smallest absolute Gasteiger partial charge is 0.136 e. The third-order valence-electron chi connectivity index (χ3n) is 2.18. The van der Waals surface area contributed by atoms with Gasteiger partial charge in [0.1, 0.15) is 5.65 Å². The summed E-state index contributed by atoms with van der Waals surface area (Å²) < 4.78 is 1.91. The average Bonchev–Trinajstić information content (AvgIpc) is 2.63. The molecule has 68 valence electrons. The normalized spacial score (nSPS) is 13.4. The molecule has 0 aromatic carbocycles. The molecular weight excluding hydrogens is 164 g/mol. The lowest BCUT2D eigenvalue weighted by molar-refractivity contribution is 0.173. The molecule has 2 heterocycles. The van der Waals surface area contributed by atoms with E-state index in [9.17, 15) is 5.11 Å². The van der Waals surface area contributed by atoms with Crippen LogP contribution in [0.4, 0.5) is 0 Å². The largest absolute Gasteiger partial charge is 0.388 e. The van der Waals surface area contributed by atoms with Gasteiger partial charge in [0.25, 0.3) is 0 Å². The van der Waals surface area contributed by atoms with E-state index in [1.165, 1.54) is 0 Å². The summed E-state index contributed by atoms with van der Waals surface area (Å²) in [5, 5.41) is 9.59. The van der Waals surface area contributed by atoms with Crippen LogP contribution < -0.4 is 0 Å². The Balaban J connectivity index is 2.48. The Bertz CT molecular complexity index is 408. The molecule has 2 aromatic heterocycles. The molecule has 0 spiro atoms. The topological polar surface area (TPSA) is 37.5 Å². The molecule has 0 aliphatic carbocycles. The highest BCUT2D eigenvalue weighted by molar-refractivity contribution is 5.39. The minimum absolute atomic E-state index is 0.369. The Labute approximate surface area is 76.7 Å². The summed E-state index contributed by atoms with van der Waals surface area (Å²) in [6.45, 7) is 1.96. The Kier molecular flexibility index (Phi) is 2.02. The van der Waals surface area contributed by atoms with E-state index in [0.717, 1.165) is 17.6 Å². The first-order chi connectivity index (χ1) is 6.31. The van der Waals surface area contributed by atoms with Crippen LogP contribution >= 0.6 is 0 Å². The number of hydrogen-bond acceptors (Lipinski definition) is 2. The molecule has 0 aliphatic heterocycles. The third-order valence-corrected chi connectivity index (χ3v) is 2.18. The summed E-state index contributed by atoms with van der Waals surface area (Å²) in [4.78, 5) is 4.13. The molecule has 0 bridgehead atoms. The second-order valence-corrected chi connectivity index (χ2v) is 3.08. The molecule has 1 unspecified atom stereocenters. The highest BCUT2D eigenvalue weighted by Gasteiger charge is 2.04. The summed E-state index contributed by atoms with van der Waals surface area (Å²) >= 11 is 0. The van der Waals surface area contributed by atoms with Crippen molar-refractivity contribution in [2.75, 3.05) is 0 Å². The zero-order valence-corrected chi connectivity index (χ0v) is 7.51. The zero-order chi connectivity index (χ0) is 9.26. The van der Waals surface area contributed by atoms with Crippen LogP contribution in [0.1, 0.15) is 25.0 Å². The number of imidazole rings is 1. The molecule has 0 amide bonds. The minimum Gasteiger partial charge on any atom is -0.388 e. The van der Waals surface area contributed by atoms with Gasteiger partial charge in [0, 0.05) is 18.6 Å². The van der Waals surface area contributed by atoms with E-state index in [2.05, 4.69) is 4.98 Å². The Morgan fingerprint density at radius 2 is 2.38 bits per heavy atom. The number of fused-ring (bicyclic) bond motifs is 1. The van der Waals surface area contributed by atoms with E-state index >= 15 is 0 Å². The van der Waals surface area contributed by atoms with E-state index in [4.69, 9.17) is 0 Å². The highest BCUT2D eigenvalue weighted by Crippen LogP contribution is 2.16. The van der Waals surface area contributed by atoms with Gasteiger partial charge in [0.2, 0.25) is 0 Å². The van der Waals surface area contributed by atoms with Crippen molar-refractivity contribution < 1.29 is 5.11 Å². The molecule has 0 fully saturated rings. The average molecular weight is 176 g/mol. The Morgan fingerprint density at radius 1 is 1.54 bits per heavy atom. The van der Waals surface area contributed by atoms with Crippen LogP contribution in [0.3, 0.4) is 0 Å². The summed E-state index contributed by atoms with van der Waals surface area (Å²) in [5.41, 5.74) is 1.85. The number of hydrogen-bond donors (Lipinski definition) is 1. The number of rotatable bonds is 2. The lowest BCUT2D eigenvalue weighted by atomic mass is 10.1. The van der Waals surface area contributed by atoms with Gasteiger partial charge in [-0.1, -0.05) is 13.0 Å². The maximum atomic E-state index is 9.59. The first kappa shape index (κ1) is 8.26. The fraction of sp³-hybridized carbons (Fsp3) is 0.300. The molecule has 1 atom stereocenters. The molecule has 3 nitrogen and oxygen atoms in total. The molecule has 3 heteroatoms. The highest BCUT2D eigenvalue weighted by atomic mass is 16.3. The SMILES string of the molecule is CCC(O)c1ccc2nccn2c1. The second-order valence-electron chi connectivity index (χ2n) is 3.08. The van der Waals surface area contributed by atoms with Crippen LogP contribution in [0.5, 0.6) is 0 Å². The van der Waals surface area contributed by atoms with Gasteiger partial charge in [0.15, 0.2) is 0 Å². The lowest BCUT2D eigenvalue weighted by Gasteiger charge is -2.07. The van der Waals surface area contributed by atoms with Crippen molar-refractivity contribution in [1.29, 1.82) is 0 Å². The maximum Gasteiger partial charge on any atom is 0.136 e. The van der Waals surface area contributed by atoms with Crippen LogP contribution in [0.15, 0.2) is 30.7 Å². The van der Waals surface area contributed by atoms with Crippen molar-refractivity contribution in [3.63, 3.8) is 0 Å². The van der Waals surface area contributed by atoms with Gasteiger partial charge in [-0.3, -0.25) is 0 Å². The van der Waals surface area contributed by atoms with Gasteiger partial charge < -0.3 is 9.51 Å². The summed E-state index contributed by atoms with van der Waals surface area (Å²) in [6, 6.07) is 3.82. The number of nitrogens with zero attached hydrogens (tertiary/aromatic N) is 2. The van der Waals surface area contributed by atoms with Crippen molar-refractivity contribution in [3.8, 4) is 0 Å². The predicted octanol–water partition coefficient (Wildman–Crippen LogP) is 1.78. The molecule has 2 rings (SSSR count). The molecule has 0 saturated heterocycles. The van der Waals surface area contributed by atoms with Crippen LogP contribution in [0, 0.1) is 0 Å². The molecule has 1 N–H and O–H groups in total. The van der Waals surface area contributed by atoms with Gasteiger partial charge in [-0.2, -0.15) is 0 Å². The van der Waals surface area contributed by atoms with E-state index in [-0.39, 0.29) is 6.10 Å². The van der Waals surface area contributed by atoms with Gasteiger partial charge in [-0.05, 0) is 18.1 Å². The van der Waals surface area contributed by atoms with E-state index in [1.54, 1.807) is 6.20 Å². The molecule has 13 heavy (non-hydrogen) atoms. The number of aliphatic hydroxyl groups is 1. The molecule has 0 saturated carbocycles. The first-order valence-corrected chi connectivity index (χ1v) is 4.42. The Morgan fingerprint density at radius 3 is 3.15 bits per heavy atom. The number of aliphatic hydroxyl groups excluding tert-OH is 1. The van der Waals surface area contributed by atoms with Crippen molar-refractivity contribution >= 4 is 5.65 Å². The molecule has 0 radical (unpaired) electrons. The van der Waals surface area contributed by atoms with Gasteiger partial charge in [-0.25, -0.2) is 4.98 Å². The van der Waals surface area contributed by atoms with Gasteiger partial charge in [-0.15, -0.1) is 0 Å². The fourth-order valence-electron chi connectivity index (χ4n) is 1.37. The number of aromatic nitrogens is 2. The maximum absolute atomic E-state index is 9.59. The van der Waals surface area contributed by atoms with Crippen molar-refractivity contribution in [3.05, 3.63) is 36.3 Å². The molecular formula is C10H12N2O. The van der Waals surface area contributed by atoms with E-state index < -0.39 is 0 Å². The standard InChI is InChI=1S/C10H12N2O/c1-2-9(13)8-3-4-10-11-5-6-12(10)7-8/h3-7,9,13H,2H2,1H3. The van der Waals surface area contributed by atoms with Crippen molar-refractivity contribution in [2.24, 2.45) is 0 Å². The van der Waals surface area contributed by atoms with Crippen LogP contribution in [-0.2, 0) is 0 Å². The summed E-state index contributed by atoms with van der Waals surface area (Å²) in [6.07, 6.45) is 5.90. The van der Waals surface area contributed by atoms with Crippen molar-refractivity contribution in [1.82, 2.24) is 9.38 Å². The second kappa shape index (κ2) is 3.18. The van der Waals surface area contributed by atoms with Crippen molar-refractivity contribution in [2.45, 2.75) is 19.4 Å². The summed E-state index contributed by atoms with van der Waals surface area (Å²) in [7, 11) is 0. The molecule has 2 aromatic rings. The first-order valence-electron chi connectivity index (χ1n) is 4.42. The lowest BCUT2D eigenvalue weighted by Crippen LogP contribution is -1.97. The Hall–Kier alpha value is -1.35. The van der Waals surface area contributed by atoms with E-state index in [0.29, 0.717) is 0 Å². The summed E-state index contributed by atoms with van der Waals surface area (Å²) in [5.74, 6) is 0. The van der Waals surface area contributed by atoms with Crippen LogP contribution in [-0.4, -0.2) is 14.5 Å².